The molecule has 2 aliphatic carbocycles. The molecule has 0 bridgehead atoms. The van der Waals surface area contributed by atoms with Gasteiger partial charge in [0.2, 0.25) is 0 Å². The zero-order valence-electron chi connectivity index (χ0n) is 12.3. The minimum atomic E-state index is 0.174. The Hall–Kier alpha value is -0.820. The summed E-state index contributed by atoms with van der Waals surface area (Å²) in [5.74, 6) is 0. The average molecular weight is 258 g/mol. The van der Waals surface area contributed by atoms with E-state index in [9.17, 15) is 5.11 Å². The van der Waals surface area contributed by atoms with Gasteiger partial charge in [-0.25, -0.2) is 0 Å². The van der Waals surface area contributed by atoms with E-state index in [0.29, 0.717) is 10.8 Å². The van der Waals surface area contributed by atoms with Crippen LogP contribution in [0, 0.1) is 5.41 Å². The highest BCUT2D eigenvalue weighted by atomic mass is 16.3. The van der Waals surface area contributed by atoms with Crippen molar-refractivity contribution >= 4 is 0 Å². The maximum Gasteiger partial charge on any atom is 0.0681 e. The third-order valence-corrected chi connectivity index (χ3v) is 5.59. The summed E-state index contributed by atoms with van der Waals surface area (Å²) in [5.41, 5.74) is 5.18. The zero-order chi connectivity index (χ0) is 13.5. The van der Waals surface area contributed by atoms with Gasteiger partial charge in [-0.3, -0.25) is 0 Å². The molecule has 1 aromatic carbocycles. The number of aryl methyl sites for hydroxylation is 1. The molecule has 2 aliphatic rings. The van der Waals surface area contributed by atoms with Crippen molar-refractivity contribution in [2.24, 2.45) is 5.41 Å². The van der Waals surface area contributed by atoms with Crippen LogP contribution >= 0.6 is 0 Å². The third kappa shape index (κ3) is 2.33. The molecule has 0 unspecified atom stereocenters. The standard InChI is InChI=1S/C18H26O/c1-17(2)8-10-18(11-9-17)7-3-4-15-12-14(13-19)5-6-16(15)18/h5-6,12,19H,3-4,7-11,13H2,1-2H3. The van der Waals surface area contributed by atoms with Crippen LogP contribution in [0.4, 0.5) is 0 Å². The molecule has 0 amide bonds. The predicted octanol–water partition coefficient (Wildman–Crippen LogP) is 4.35. The van der Waals surface area contributed by atoms with Gasteiger partial charge in [0.1, 0.15) is 0 Å². The lowest BCUT2D eigenvalue weighted by Gasteiger charge is -2.47. The molecular formula is C18H26O. The molecule has 1 spiro atoms. The smallest absolute Gasteiger partial charge is 0.0681 e. The molecule has 0 heterocycles. The quantitative estimate of drug-likeness (QED) is 0.794. The van der Waals surface area contributed by atoms with Crippen molar-refractivity contribution in [1.29, 1.82) is 0 Å². The minimum absolute atomic E-state index is 0.174. The monoisotopic (exact) mass is 258 g/mol. The summed E-state index contributed by atoms with van der Waals surface area (Å²) in [6.45, 7) is 5.00. The van der Waals surface area contributed by atoms with Crippen LogP contribution in [0.3, 0.4) is 0 Å². The van der Waals surface area contributed by atoms with Crippen molar-refractivity contribution in [3.8, 4) is 0 Å². The highest BCUT2D eigenvalue weighted by molar-refractivity contribution is 5.40. The van der Waals surface area contributed by atoms with Gasteiger partial charge in [0.05, 0.1) is 6.61 Å². The fraction of sp³-hybridized carbons (Fsp3) is 0.667. The summed E-state index contributed by atoms with van der Waals surface area (Å²) in [7, 11) is 0. The van der Waals surface area contributed by atoms with Gasteiger partial charge in [0, 0.05) is 0 Å². The van der Waals surface area contributed by atoms with Gasteiger partial charge in [0.15, 0.2) is 0 Å². The van der Waals surface area contributed by atoms with Crippen molar-refractivity contribution in [1.82, 2.24) is 0 Å². The summed E-state index contributed by atoms with van der Waals surface area (Å²) in [6.07, 6.45) is 9.31. The first kappa shape index (κ1) is 13.2. The SMILES string of the molecule is CC1(C)CCC2(CCCc3cc(CO)ccc32)CC1. The van der Waals surface area contributed by atoms with E-state index in [1.807, 2.05) is 0 Å². The van der Waals surface area contributed by atoms with Gasteiger partial charge in [-0.05, 0) is 72.5 Å². The fourth-order valence-corrected chi connectivity index (χ4v) is 4.15. The van der Waals surface area contributed by atoms with Crippen LogP contribution in [0.2, 0.25) is 0 Å². The molecule has 1 saturated carbocycles. The third-order valence-electron chi connectivity index (χ3n) is 5.59. The number of aliphatic hydroxyl groups is 1. The Labute approximate surface area is 117 Å². The maximum absolute atomic E-state index is 9.31. The van der Waals surface area contributed by atoms with Crippen molar-refractivity contribution in [2.45, 2.75) is 70.8 Å². The first-order valence-electron chi connectivity index (χ1n) is 7.78. The van der Waals surface area contributed by atoms with E-state index in [4.69, 9.17) is 0 Å². The first-order chi connectivity index (χ1) is 9.05. The number of aliphatic hydroxyl groups excluding tert-OH is 1. The minimum Gasteiger partial charge on any atom is -0.392 e. The molecule has 1 aromatic rings. The highest BCUT2D eigenvalue weighted by Gasteiger charge is 2.41. The predicted molar refractivity (Wildman–Crippen MR) is 79.2 cm³/mol. The van der Waals surface area contributed by atoms with E-state index >= 15 is 0 Å². The summed E-state index contributed by atoms with van der Waals surface area (Å²) in [4.78, 5) is 0. The molecule has 1 N–H and O–H groups in total. The van der Waals surface area contributed by atoms with Crippen molar-refractivity contribution in [3.63, 3.8) is 0 Å². The lowest BCUT2D eigenvalue weighted by Crippen LogP contribution is -2.37. The Bertz CT molecular complexity index is 463. The lowest BCUT2D eigenvalue weighted by molar-refractivity contribution is 0.146. The van der Waals surface area contributed by atoms with E-state index in [1.165, 1.54) is 50.5 Å². The van der Waals surface area contributed by atoms with Gasteiger partial charge < -0.3 is 5.11 Å². The van der Waals surface area contributed by atoms with E-state index in [2.05, 4.69) is 32.0 Å². The van der Waals surface area contributed by atoms with Crippen molar-refractivity contribution < 1.29 is 5.11 Å². The number of hydrogen-bond donors (Lipinski definition) is 1. The second-order valence-corrected chi connectivity index (χ2v) is 7.45. The number of fused-ring (bicyclic) bond motifs is 2. The Morgan fingerprint density at radius 3 is 2.47 bits per heavy atom. The van der Waals surface area contributed by atoms with Crippen LogP contribution in [-0.2, 0) is 18.4 Å². The number of hydrogen-bond acceptors (Lipinski definition) is 1. The van der Waals surface area contributed by atoms with Gasteiger partial charge in [-0.1, -0.05) is 32.0 Å². The van der Waals surface area contributed by atoms with Crippen LogP contribution in [0.1, 0.15) is 69.1 Å². The highest BCUT2D eigenvalue weighted by Crippen LogP contribution is 2.51. The second kappa shape index (κ2) is 4.63. The van der Waals surface area contributed by atoms with Crippen LogP contribution in [0.25, 0.3) is 0 Å². The van der Waals surface area contributed by atoms with Gasteiger partial charge in [-0.15, -0.1) is 0 Å². The molecule has 0 aliphatic heterocycles. The van der Waals surface area contributed by atoms with E-state index in [1.54, 1.807) is 5.56 Å². The molecule has 0 saturated heterocycles. The van der Waals surface area contributed by atoms with Crippen molar-refractivity contribution in [3.05, 3.63) is 34.9 Å². The topological polar surface area (TPSA) is 20.2 Å². The lowest BCUT2D eigenvalue weighted by atomic mass is 9.58. The Kier molecular flexibility index (Phi) is 3.21. The van der Waals surface area contributed by atoms with Crippen molar-refractivity contribution in [2.75, 3.05) is 0 Å². The van der Waals surface area contributed by atoms with Crippen LogP contribution in [0.5, 0.6) is 0 Å². The molecule has 0 atom stereocenters. The molecule has 1 nitrogen and oxygen atoms in total. The fourth-order valence-electron chi connectivity index (χ4n) is 4.15. The van der Waals surface area contributed by atoms with E-state index in [0.717, 1.165) is 5.56 Å². The largest absolute Gasteiger partial charge is 0.392 e. The van der Waals surface area contributed by atoms with E-state index in [-0.39, 0.29) is 6.61 Å². The molecule has 0 aromatic heterocycles. The zero-order valence-corrected chi connectivity index (χ0v) is 12.3. The van der Waals surface area contributed by atoms with Gasteiger partial charge >= 0.3 is 0 Å². The molecule has 0 radical (unpaired) electrons. The van der Waals surface area contributed by atoms with Crippen LogP contribution in [0.15, 0.2) is 18.2 Å². The Balaban J connectivity index is 1.94. The summed E-state index contributed by atoms with van der Waals surface area (Å²) in [5, 5.41) is 9.31. The molecule has 1 fully saturated rings. The summed E-state index contributed by atoms with van der Waals surface area (Å²) in [6, 6.07) is 6.69. The maximum atomic E-state index is 9.31. The Morgan fingerprint density at radius 2 is 1.79 bits per heavy atom. The average Bonchev–Trinajstić information content (AvgIpc) is 2.42. The molecular weight excluding hydrogens is 232 g/mol. The molecule has 3 rings (SSSR count). The molecule has 104 valence electrons. The van der Waals surface area contributed by atoms with Crippen LogP contribution < -0.4 is 0 Å². The van der Waals surface area contributed by atoms with E-state index < -0.39 is 0 Å². The van der Waals surface area contributed by atoms with Gasteiger partial charge in [-0.2, -0.15) is 0 Å². The number of benzene rings is 1. The molecule has 19 heavy (non-hydrogen) atoms. The number of rotatable bonds is 1. The summed E-state index contributed by atoms with van der Waals surface area (Å²) >= 11 is 0. The van der Waals surface area contributed by atoms with Gasteiger partial charge in [0.25, 0.3) is 0 Å². The molecule has 1 heteroatoms. The van der Waals surface area contributed by atoms with Crippen LogP contribution in [-0.4, -0.2) is 5.11 Å². The normalized spacial score (nSPS) is 24.2. The Morgan fingerprint density at radius 1 is 1.05 bits per heavy atom. The second-order valence-electron chi connectivity index (χ2n) is 7.45. The summed E-state index contributed by atoms with van der Waals surface area (Å²) < 4.78 is 0. The first-order valence-corrected chi connectivity index (χ1v) is 7.78.